The second-order valence-electron chi connectivity index (χ2n) is 4.13. The van der Waals surface area contributed by atoms with Crippen LogP contribution in [0.2, 0.25) is 0 Å². The molecule has 0 amide bonds. The van der Waals surface area contributed by atoms with Gasteiger partial charge in [0.1, 0.15) is 5.82 Å². The molecule has 0 aromatic heterocycles. The Labute approximate surface area is 116 Å². The molecule has 2 aromatic carbocycles. The molecule has 0 atom stereocenters. The second-order valence-corrected chi connectivity index (χ2v) is 4.13. The molecular formula is C13H8F4N2O2. The highest BCUT2D eigenvalue weighted by molar-refractivity contribution is 5.50. The maximum absolute atomic E-state index is 13.6. The number of nitro benzene ring substituents is 1. The highest BCUT2D eigenvalue weighted by Crippen LogP contribution is 2.22. The van der Waals surface area contributed by atoms with Crippen molar-refractivity contribution in [3.8, 4) is 0 Å². The van der Waals surface area contributed by atoms with Crippen molar-refractivity contribution < 1.29 is 22.5 Å². The summed E-state index contributed by atoms with van der Waals surface area (Å²) in [6.07, 6.45) is 0. The maximum atomic E-state index is 13.6. The summed E-state index contributed by atoms with van der Waals surface area (Å²) in [6.45, 7) is -0.308. The number of halogens is 4. The summed E-state index contributed by atoms with van der Waals surface area (Å²) in [4.78, 5) is 9.69. The zero-order valence-corrected chi connectivity index (χ0v) is 10.4. The van der Waals surface area contributed by atoms with Crippen molar-refractivity contribution in [2.24, 2.45) is 0 Å². The molecule has 1 N–H and O–H groups in total. The fourth-order valence-electron chi connectivity index (χ4n) is 1.65. The molecule has 0 aliphatic heterocycles. The monoisotopic (exact) mass is 300 g/mol. The normalized spacial score (nSPS) is 10.5. The lowest BCUT2D eigenvalue weighted by Gasteiger charge is -2.09. The van der Waals surface area contributed by atoms with Gasteiger partial charge in [0, 0.05) is 24.2 Å². The Bertz CT molecular complexity index is 707. The van der Waals surface area contributed by atoms with E-state index in [0.29, 0.717) is 18.2 Å². The molecule has 2 aromatic rings. The predicted octanol–water partition coefficient (Wildman–Crippen LogP) is 3.76. The molecule has 0 fully saturated rings. The molecule has 0 radical (unpaired) electrons. The van der Waals surface area contributed by atoms with E-state index in [1.165, 1.54) is 0 Å². The number of nitrogens with one attached hydrogen (secondary N) is 1. The lowest BCUT2D eigenvalue weighted by Crippen LogP contribution is -2.05. The van der Waals surface area contributed by atoms with Crippen molar-refractivity contribution in [1.29, 1.82) is 0 Å². The number of rotatable bonds is 4. The van der Waals surface area contributed by atoms with Gasteiger partial charge in [-0.15, -0.1) is 0 Å². The Hall–Kier alpha value is -2.64. The first-order chi connectivity index (χ1) is 9.88. The van der Waals surface area contributed by atoms with Crippen LogP contribution in [-0.4, -0.2) is 4.92 Å². The molecule has 2 rings (SSSR count). The molecule has 110 valence electrons. The summed E-state index contributed by atoms with van der Waals surface area (Å²) in [6, 6.07) is 3.90. The molecular weight excluding hydrogens is 292 g/mol. The third kappa shape index (κ3) is 3.28. The smallest absolute Gasteiger partial charge is 0.272 e. The van der Waals surface area contributed by atoms with Crippen molar-refractivity contribution in [1.82, 2.24) is 0 Å². The zero-order chi connectivity index (χ0) is 15.6. The van der Waals surface area contributed by atoms with Crippen LogP contribution in [0.3, 0.4) is 0 Å². The van der Waals surface area contributed by atoms with Crippen LogP contribution >= 0.6 is 0 Å². The summed E-state index contributed by atoms with van der Waals surface area (Å²) in [5.74, 6) is -4.44. The lowest BCUT2D eigenvalue weighted by atomic mass is 10.2. The maximum Gasteiger partial charge on any atom is 0.272 e. The van der Waals surface area contributed by atoms with Crippen LogP contribution in [0.25, 0.3) is 0 Å². The predicted molar refractivity (Wildman–Crippen MR) is 66.7 cm³/mol. The van der Waals surface area contributed by atoms with Crippen LogP contribution < -0.4 is 5.32 Å². The minimum Gasteiger partial charge on any atom is -0.378 e. The van der Waals surface area contributed by atoms with Gasteiger partial charge in [0.15, 0.2) is 17.5 Å². The third-order valence-corrected chi connectivity index (χ3v) is 2.72. The van der Waals surface area contributed by atoms with Crippen molar-refractivity contribution in [3.05, 3.63) is 69.3 Å². The number of anilines is 1. The summed E-state index contributed by atoms with van der Waals surface area (Å²) < 4.78 is 52.7. The number of nitro groups is 1. The second kappa shape index (κ2) is 5.78. The van der Waals surface area contributed by atoms with E-state index in [-0.39, 0.29) is 17.8 Å². The highest BCUT2D eigenvalue weighted by atomic mass is 19.2. The number of non-ortho nitro benzene ring substituents is 1. The third-order valence-electron chi connectivity index (χ3n) is 2.72. The molecule has 21 heavy (non-hydrogen) atoms. The molecule has 0 spiro atoms. The SMILES string of the molecule is O=[N+]([O-])c1ccc(NCc2cc(F)c(F)cc2F)c(F)c1. The van der Waals surface area contributed by atoms with Crippen molar-refractivity contribution in [2.45, 2.75) is 6.54 Å². The number of hydrogen-bond donors (Lipinski definition) is 1. The van der Waals surface area contributed by atoms with Gasteiger partial charge in [-0.3, -0.25) is 10.1 Å². The number of benzene rings is 2. The van der Waals surface area contributed by atoms with Gasteiger partial charge in [0.25, 0.3) is 5.69 Å². The average molecular weight is 300 g/mol. The Balaban J connectivity index is 2.17. The average Bonchev–Trinajstić information content (AvgIpc) is 2.42. The van der Waals surface area contributed by atoms with Crippen molar-refractivity contribution in [3.63, 3.8) is 0 Å². The molecule has 4 nitrogen and oxygen atoms in total. The first kappa shape index (κ1) is 14.8. The van der Waals surface area contributed by atoms with E-state index < -0.39 is 33.9 Å². The van der Waals surface area contributed by atoms with Crippen LogP contribution in [0.5, 0.6) is 0 Å². The molecule has 0 saturated heterocycles. The van der Waals surface area contributed by atoms with Crippen LogP contribution in [0.15, 0.2) is 30.3 Å². The van der Waals surface area contributed by atoms with E-state index in [4.69, 9.17) is 0 Å². The molecule has 0 unspecified atom stereocenters. The first-order valence-corrected chi connectivity index (χ1v) is 5.69. The van der Waals surface area contributed by atoms with Crippen LogP contribution in [0.1, 0.15) is 5.56 Å². The quantitative estimate of drug-likeness (QED) is 0.405. The first-order valence-electron chi connectivity index (χ1n) is 5.69. The van der Waals surface area contributed by atoms with E-state index in [1.54, 1.807) is 0 Å². The Morgan fingerprint density at radius 1 is 0.952 bits per heavy atom. The van der Waals surface area contributed by atoms with Gasteiger partial charge in [-0.05, 0) is 12.1 Å². The van der Waals surface area contributed by atoms with Gasteiger partial charge in [-0.2, -0.15) is 0 Å². The minimum absolute atomic E-state index is 0.121. The summed E-state index contributed by atoms with van der Waals surface area (Å²) in [5, 5.41) is 12.9. The van der Waals surface area contributed by atoms with E-state index >= 15 is 0 Å². The Kier molecular flexibility index (Phi) is 4.06. The number of hydrogen-bond acceptors (Lipinski definition) is 3. The summed E-state index contributed by atoms with van der Waals surface area (Å²) >= 11 is 0. The lowest BCUT2D eigenvalue weighted by molar-refractivity contribution is -0.385. The standard InChI is InChI=1S/C13H8F4N2O2/c14-9-5-11(16)10(15)3-7(9)6-18-13-2-1-8(19(20)21)4-12(13)17/h1-5,18H,6H2. The van der Waals surface area contributed by atoms with Gasteiger partial charge >= 0.3 is 0 Å². The molecule has 0 saturated carbocycles. The van der Waals surface area contributed by atoms with Gasteiger partial charge < -0.3 is 5.32 Å². The van der Waals surface area contributed by atoms with Gasteiger partial charge in [-0.25, -0.2) is 17.6 Å². The van der Waals surface area contributed by atoms with Crippen molar-refractivity contribution >= 4 is 11.4 Å². The molecule has 0 heterocycles. The number of nitrogens with zero attached hydrogens (tertiary/aromatic N) is 1. The Morgan fingerprint density at radius 2 is 1.62 bits per heavy atom. The van der Waals surface area contributed by atoms with E-state index in [9.17, 15) is 27.7 Å². The largest absolute Gasteiger partial charge is 0.378 e. The van der Waals surface area contributed by atoms with Gasteiger partial charge in [0.2, 0.25) is 0 Å². The fourth-order valence-corrected chi connectivity index (χ4v) is 1.65. The minimum atomic E-state index is -1.32. The molecule has 0 bridgehead atoms. The van der Waals surface area contributed by atoms with Gasteiger partial charge in [-0.1, -0.05) is 0 Å². The van der Waals surface area contributed by atoms with E-state index in [2.05, 4.69) is 5.32 Å². The van der Waals surface area contributed by atoms with E-state index in [1.807, 2.05) is 0 Å². The molecule has 8 heteroatoms. The molecule has 0 aliphatic rings. The Morgan fingerprint density at radius 3 is 2.24 bits per heavy atom. The summed E-state index contributed by atoms with van der Waals surface area (Å²) in [5.41, 5.74) is -0.756. The van der Waals surface area contributed by atoms with Crippen LogP contribution in [0.4, 0.5) is 28.9 Å². The highest BCUT2D eigenvalue weighted by Gasteiger charge is 2.13. The zero-order valence-electron chi connectivity index (χ0n) is 10.4. The van der Waals surface area contributed by atoms with Gasteiger partial charge in [0.05, 0.1) is 16.7 Å². The van der Waals surface area contributed by atoms with Crippen LogP contribution in [-0.2, 0) is 6.54 Å². The van der Waals surface area contributed by atoms with Crippen LogP contribution in [0, 0.1) is 33.4 Å². The van der Waals surface area contributed by atoms with Crippen molar-refractivity contribution in [2.75, 3.05) is 5.32 Å². The van der Waals surface area contributed by atoms with E-state index in [0.717, 1.165) is 12.1 Å². The fraction of sp³-hybridized carbons (Fsp3) is 0.0769. The topological polar surface area (TPSA) is 55.2 Å². The molecule has 0 aliphatic carbocycles. The summed E-state index contributed by atoms with van der Waals surface area (Å²) in [7, 11) is 0.